The molecule has 1 atom stereocenters. The zero-order valence-corrected chi connectivity index (χ0v) is 17.5. The molecule has 0 spiro atoms. The largest absolute Gasteiger partial charge is 0.482 e. The lowest BCUT2D eigenvalue weighted by molar-refractivity contribution is -0.118. The van der Waals surface area contributed by atoms with E-state index in [4.69, 9.17) is 16.3 Å². The quantitative estimate of drug-likeness (QED) is 0.738. The highest BCUT2D eigenvalue weighted by molar-refractivity contribution is 7.89. The van der Waals surface area contributed by atoms with Crippen molar-refractivity contribution in [2.75, 3.05) is 25.0 Å². The monoisotopic (exact) mass is 440 g/mol. The zero-order chi connectivity index (χ0) is 21.0. The van der Waals surface area contributed by atoms with E-state index in [-0.39, 0.29) is 22.3 Å². The summed E-state index contributed by atoms with van der Waals surface area (Å²) < 4.78 is 45.3. The molecule has 1 saturated heterocycles. The van der Waals surface area contributed by atoms with Crippen LogP contribution >= 0.6 is 11.6 Å². The van der Waals surface area contributed by atoms with Crippen molar-refractivity contribution in [3.05, 3.63) is 53.3 Å². The van der Waals surface area contributed by atoms with Gasteiger partial charge in [-0.2, -0.15) is 4.31 Å². The summed E-state index contributed by atoms with van der Waals surface area (Å²) in [6.45, 7) is 2.76. The van der Waals surface area contributed by atoms with Crippen molar-refractivity contribution in [1.82, 2.24) is 4.31 Å². The topological polar surface area (TPSA) is 75.7 Å². The molecule has 6 nitrogen and oxygen atoms in total. The van der Waals surface area contributed by atoms with Gasteiger partial charge in [0, 0.05) is 18.8 Å². The molecule has 1 amide bonds. The first-order valence-corrected chi connectivity index (χ1v) is 11.1. The third-order valence-corrected chi connectivity index (χ3v) is 6.82. The minimum absolute atomic E-state index is 0.0689. The third-order valence-electron chi connectivity index (χ3n) is 4.65. The van der Waals surface area contributed by atoms with Crippen molar-refractivity contribution >= 4 is 33.2 Å². The number of ether oxygens (including phenoxy) is 1. The van der Waals surface area contributed by atoms with Gasteiger partial charge in [0.2, 0.25) is 10.0 Å². The maximum atomic E-state index is 13.0. The van der Waals surface area contributed by atoms with E-state index < -0.39 is 21.7 Å². The summed E-state index contributed by atoms with van der Waals surface area (Å²) >= 11 is 5.85. The Balaban J connectivity index is 1.59. The van der Waals surface area contributed by atoms with Gasteiger partial charge in [0.15, 0.2) is 6.61 Å². The molecule has 29 heavy (non-hydrogen) atoms. The van der Waals surface area contributed by atoms with Crippen molar-refractivity contribution in [1.29, 1.82) is 0 Å². The summed E-state index contributed by atoms with van der Waals surface area (Å²) in [5, 5.41) is 2.69. The van der Waals surface area contributed by atoms with Gasteiger partial charge in [-0.3, -0.25) is 4.79 Å². The Bertz CT molecular complexity index is 982. The Morgan fingerprint density at radius 3 is 2.66 bits per heavy atom. The molecule has 1 unspecified atom stereocenters. The molecule has 2 aromatic carbocycles. The Morgan fingerprint density at radius 1 is 1.28 bits per heavy atom. The highest BCUT2D eigenvalue weighted by atomic mass is 35.5. The number of anilines is 1. The number of nitrogens with one attached hydrogen (secondary N) is 1. The molecule has 2 aromatic rings. The molecule has 0 bridgehead atoms. The van der Waals surface area contributed by atoms with Crippen LogP contribution in [0.4, 0.5) is 10.1 Å². The van der Waals surface area contributed by atoms with Crippen LogP contribution in [0, 0.1) is 11.7 Å². The number of hydrogen-bond acceptors (Lipinski definition) is 4. The molecule has 0 aromatic heterocycles. The van der Waals surface area contributed by atoms with Crippen LogP contribution in [0.25, 0.3) is 0 Å². The predicted molar refractivity (Wildman–Crippen MR) is 109 cm³/mol. The normalized spacial score (nSPS) is 17.7. The fourth-order valence-electron chi connectivity index (χ4n) is 3.16. The summed E-state index contributed by atoms with van der Waals surface area (Å²) in [5.74, 6) is -0.418. The fraction of sp³-hybridized carbons (Fsp3) is 0.350. The van der Waals surface area contributed by atoms with E-state index in [1.165, 1.54) is 40.7 Å². The maximum absolute atomic E-state index is 13.0. The number of rotatable bonds is 6. The lowest BCUT2D eigenvalue weighted by atomic mass is 10.0. The summed E-state index contributed by atoms with van der Waals surface area (Å²) in [6, 6.07) is 9.63. The average Bonchev–Trinajstić information content (AvgIpc) is 2.68. The van der Waals surface area contributed by atoms with Crippen molar-refractivity contribution in [2.45, 2.75) is 24.7 Å². The molecule has 1 aliphatic rings. The van der Waals surface area contributed by atoms with Gasteiger partial charge in [-0.1, -0.05) is 18.5 Å². The molecule has 0 saturated carbocycles. The standard InChI is InChI=1S/C20H22ClFN2O4S/c1-14-3-2-10-24(12-14)29(26,27)17-7-5-16(6-8-17)23-20(25)13-28-19-9-4-15(22)11-18(19)21/h4-9,11,14H,2-3,10,12-13H2,1H3,(H,23,25). The van der Waals surface area contributed by atoms with E-state index >= 15 is 0 Å². The minimum atomic E-state index is -3.54. The van der Waals surface area contributed by atoms with Crippen molar-refractivity contribution < 1.29 is 22.3 Å². The second kappa shape index (κ2) is 9.11. The summed E-state index contributed by atoms with van der Waals surface area (Å²) in [7, 11) is -3.54. The van der Waals surface area contributed by atoms with Gasteiger partial charge >= 0.3 is 0 Å². The van der Waals surface area contributed by atoms with Crippen molar-refractivity contribution in [2.24, 2.45) is 5.92 Å². The molecule has 1 fully saturated rings. The molecule has 0 aliphatic carbocycles. The van der Waals surface area contributed by atoms with Gasteiger partial charge in [0.1, 0.15) is 11.6 Å². The van der Waals surface area contributed by atoms with Gasteiger partial charge in [-0.15, -0.1) is 0 Å². The van der Waals surface area contributed by atoms with Gasteiger partial charge in [-0.05, 0) is 61.2 Å². The van der Waals surface area contributed by atoms with E-state index in [0.717, 1.165) is 18.9 Å². The third kappa shape index (κ3) is 5.46. The number of sulfonamides is 1. The molecular weight excluding hydrogens is 419 g/mol. The van der Waals surface area contributed by atoms with E-state index in [9.17, 15) is 17.6 Å². The number of carbonyl (C=O) groups is 1. The fourth-order valence-corrected chi connectivity index (χ4v) is 4.98. The van der Waals surface area contributed by atoms with Gasteiger partial charge in [-0.25, -0.2) is 12.8 Å². The van der Waals surface area contributed by atoms with Crippen LogP contribution in [-0.4, -0.2) is 38.3 Å². The number of carbonyl (C=O) groups excluding carboxylic acids is 1. The summed E-state index contributed by atoms with van der Waals surface area (Å²) in [5.41, 5.74) is 0.440. The van der Waals surface area contributed by atoms with E-state index in [0.29, 0.717) is 24.7 Å². The van der Waals surface area contributed by atoms with Gasteiger partial charge < -0.3 is 10.1 Å². The zero-order valence-electron chi connectivity index (χ0n) is 15.9. The number of benzene rings is 2. The first-order chi connectivity index (χ1) is 13.8. The van der Waals surface area contributed by atoms with Crippen LogP contribution in [0.1, 0.15) is 19.8 Å². The van der Waals surface area contributed by atoms with E-state index in [1.807, 2.05) is 6.92 Å². The second-order valence-corrected chi connectivity index (χ2v) is 9.39. The number of nitrogens with zero attached hydrogens (tertiary/aromatic N) is 1. The minimum Gasteiger partial charge on any atom is -0.482 e. The number of piperidine rings is 1. The van der Waals surface area contributed by atoms with E-state index in [1.54, 1.807) is 0 Å². The van der Waals surface area contributed by atoms with Crippen LogP contribution in [-0.2, 0) is 14.8 Å². The molecule has 1 heterocycles. The van der Waals surface area contributed by atoms with Gasteiger partial charge in [0.25, 0.3) is 5.91 Å². The lowest BCUT2D eigenvalue weighted by Crippen LogP contribution is -2.39. The first-order valence-electron chi connectivity index (χ1n) is 9.23. The molecule has 1 aliphatic heterocycles. The average molecular weight is 441 g/mol. The van der Waals surface area contributed by atoms with Crippen LogP contribution in [0.2, 0.25) is 5.02 Å². The Hall–Kier alpha value is -2.16. The van der Waals surface area contributed by atoms with Crippen LogP contribution < -0.4 is 10.1 Å². The summed E-state index contributed by atoms with van der Waals surface area (Å²) in [6.07, 6.45) is 1.88. The van der Waals surface area contributed by atoms with Gasteiger partial charge in [0.05, 0.1) is 9.92 Å². The van der Waals surface area contributed by atoms with Crippen molar-refractivity contribution in [3.63, 3.8) is 0 Å². The maximum Gasteiger partial charge on any atom is 0.262 e. The van der Waals surface area contributed by atoms with Crippen molar-refractivity contribution in [3.8, 4) is 5.75 Å². The van der Waals surface area contributed by atoms with Crippen LogP contribution in [0.5, 0.6) is 5.75 Å². The molecule has 0 radical (unpaired) electrons. The highest BCUT2D eigenvalue weighted by Crippen LogP contribution is 2.26. The molecule has 3 rings (SSSR count). The second-order valence-electron chi connectivity index (χ2n) is 7.05. The van der Waals surface area contributed by atoms with E-state index in [2.05, 4.69) is 5.32 Å². The molecular formula is C20H22ClFN2O4S. The Labute approximate surface area is 174 Å². The van der Waals surface area contributed by atoms with Crippen LogP contribution in [0.15, 0.2) is 47.4 Å². The molecule has 156 valence electrons. The molecule has 9 heteroatoms. The highest BCUT2D eigenvalue weighted by Gasteiger charge is 2.28. The predicted octanol–water partition coefficient (Wildman–Crippen LogP) is 3.92. The number of amides is 1. The van der Waals surface area contributed by atoms with Crippen LogP contribution in [0.3, 0.4) is 0 Å². The number of halogens is 2. The Morgan fingerprint density at radius 2 is 2.00 bits per heavy atom. The number of hydrogen-bond donors (Lipinski definition) is 1. The Kier molecular flexibility index (Phi) is 6.77. The lowest BCUT2D eigenvalue weighted by Gasteiger charge is -2.30. The smallest absolute Gasteiger partial charge is 0.262 e. The molecule has 1 N–H and O–H groups in total. The SMILES string of the molecule is CC1CCCN(S(=O)(=O)c2ccc(NC(=O)COc3ccc(F)cc3Cl)cc2)C1. The summed E-state index contributed by atoms with van der Waals surface area (Å²) in [4.78, 5) is 12.2. The first kappa shape index (κ1) is 21.5.